The summed E-state index contributed by atoms with van der Waals surface area (Å²) in [6.07, 6.45) is 18.9. The van der Waals surface area contributed by atoms with E-state index >= 15 is 0 Å². The molecule has 3 unspecified atom stereocenters. The number of allylic oxidation sites excluding steroid dienone is 1. The highest BCUT2D eigenvalue weighted by Crippen LogP contribution is 2.69. The molecule has 4 fully saturated rings. The standard InChI is InChI=1S/C32H38N2O2/c1-30-10-8-26-19-25-4-5-27(34-14-16-35-17-15-34)20-31(25)11-12-32(26,36-31)29(30)7-6-28(30)23-3-2-22-9-13-33-21-24(22)18-23/h2-3,8-9,13,18-19,21,27-29H,4-7,10-12,14-17,20H2,1H3/t27-,28?,29-,30?,31?,32-/m1/s1. The molecule has 4 nitrogen and oxygen atoms in total. The summed E-state index contributed by atoms with van der Waals surface area (Å²) in [4.78, 5) is 7.09. The summed E-state index contributed by atoms with van der Waals surface area (Å²) in [7, 11) is 0. The van der Waals surface area contributed by atoms with Crippen molar-refractivity contribution in [1.29, 1.82) is 0 Å². The smallest absolute Gasteiger partial charge is 0.0974 e. The Morgan fingerprint density at radius 1 is 1.03 bits per heavy atom. The summed E-state index contributed by atoms with van der Waals surface area (Å²) in [5.74, 6) is 1.18. The van der Waals surface area contributed by atoms with Crippen LogP contribution in [0.1, 0.15) is 69.8 Å². The van der Waals surface area contributed by atoms with Gasteiger partial charge in [0.2, 0.25) is 0 Å². The maximum Gasteiger partial charge on any atom is 0.0974 e. The predicted octanol–water partition coefficient (Wildman–Crippen LogP) is 6.18. The van der Waals surface area contributed by atoms with Crippen LogP contribution in [0.4, 0.5) is 0 Å². The van der Waals surface area contributed by atoms with E-state index in [1.165, 1.54) is 73.3 Å². The Kier molecular flexibility index (Phi) is 4.74. The monoisotopic (exact) mass is 482 g/mol. The van der Waals surface area contributed by atoms with Gasteiger partial charge in [-0.15, -0.1) is 0 Å². The van der Waals surface area contributed by atoms with Crippen LogP contribution in [0.5, 0.6) is 0 Å². The van der Waals surface area contributed by atoms with Crippen LogP contribution in [0.15, 0.2) is 60.0 Å². The minimum Gasteiger partial charge on any atom is -0.379 e. The first-order valence-corrected chi connectivity index (χ1v) is 14.4. The molecule has 188 valence electrons. The molecule has 2 saturated heterocycles. The van der Waals surface area contributed by atoms with Gasteiger partial charge >= 0.3 is 0 Å². The molecule has 2 saturated carbocycles. The van der Waals surface area contributed by atoms with Crippen molar-refractivity contribution >= 4 is 10.8 Å². The zero-order valence-corrected chi connectivity index (χ0v) is 21.5. The molecule has 2 bridgehead atoms. The quantitative estimate of drug-likeness (QED) is 0.512. The van der Waals surface area contributed by atoms with Crippen LogP contribution in [-0.2, 0) is 9.47 Å². The molecule has 2 spiro atoms. The van der Waals surface area contributed by atoms with E-state index in [0.29, 0.717) is 17.9 Å². The van der Waals surface area contributed by atoms with Gasteiger partial charge in [-0.1, -0.05) is 31.2 Å². The van der Waals surface area contributed by atoms with Gasteiger partial charge in [0.05, 0.1) is 24.4 Å². The average molecular weight is 483 g/mol. The van der Waals surface area contributed by atoms with Crippen molar-refractivity contribution in [1.82, 2.24) is 9.88 Å². The number of hydrogen-bond donors (Lipinski definition) is 0. The Morgan fingerprint density at radius 3 is 2.86 bits per heavy atom. The topological polar surface area (TPSA) is 34.6 Å². The molecule has 3 aliphatic heterocycles. The summed E-state index contributed by atoms with van der Waals surface area (Å²) >= 11 is 0. The van der Waals surface area contributed by atoms with Gasteiger partial charge in [0, 0.05) is 36.9 Å². The predicted molar refractivity (Wildman–Crippen MR) is 142 cm³/mol. The van der Waals surface area contributed by atoms with Gasteiger partial charge in [0.25, 0.3) is 0 Å². The molecule has 6 aliphatic rings. The minimum atomic E-state index is -0.0729. The lowest BCUT2D eigenvalue weighted by molar-refractivity contribution is -0.143. The van der Waals surface area contributed by atoms with E-state index in [0.717, 1.165) is 26.3 Å². The first kappa shape index (κ1) is 22.0. The Balaban J connectivity index is 1.13. The molecule has 4 heteroatoms. The van der Waals surface area contributed by atoms with Crippen LogP contribution in [0.25, 0.3) is 10.8 Å². The Labute approximate surface area is 214 Å². The highest BCUT2D eigenvalue weighted by Gasteiger charge is 2.66. The SMILES string of the molecule is CC12CC=C3C=C4CC[C@@H](N5CCOCC5)CC45CC[C@]3(O5)[C@@H]1CCC2c1ccc2ccncc2c1. The van der Waals surface area contributed by atoms with E-state index in [9.17, 15) is 0 Å². The second-order valence-electron chi connectivity index (χ2n) is 12.7. The number of hydrogen-bond acceptors (Lipinski definition) is 4. The van der Waals surface area contributed by atoms with Gasteiger partial charge in [0.1, 0.15) is 0 Å². The Morgan fingerprint density at radius 2 is 1.94 bits per heavy atom. The van der Waals surface area contributed by atoms with Crippen LogP contribution in [0.2, 0.25) is 0 Å². The molecule has 1 aromatic carbocycles. The first-order valence-electron chi connectivity index (χ1n) is 14.4. The normalized spacial score (nSPS) is 41.9. The third-order valence-corrected chi connectivity index (χ3v) is 11.3. The van der Waals surface area contributed by atoms with Crippen molar-refractivity contribution in [2.24, 2.45) is 11.3 Å². The zero-order valence-electron chi connectivity index (χ0n) is 21.5. The molecule has 0 radical (unpaired) electrons. The third-order valence-electron chi connectivity index (χ3n) is 11.3. The molecule has 0 N–H and O–H groups in total. The van der Waals surface area contributed by atoms with Gasteiger partial charge in [-0.2, -0.15) is 0 Å². The summed E-state index contributed by atoms with van der Waals surface area (Å²) in [6, 6.07) is 9.88. The number of pyridine rings is 1. The lowest BCUT2D eigenvalue weighted by Gasteiger charge is -2.55. The lowest BCUT2D eigenvalue weighted by atomic mass is 9.58. The van der Waals surface area contributed by atoms with E-state index in [1.54, 1.807) is 5.57 Å². The van der Waals surface area contributed by atoms with E-state index in [4.69, 9.17) is 9.47 Å². The van der Waals surface area contributed by atoms with E-state index in [2.05, 4.69) is 53.2 Å². The van der Waals surface area contributed by atoms with Gasteiger partial charge in [-0.25, -0.2) is 0 Å². The van der Waals surface area contributed by atoms with Gasteiger partial charge < -0.3 is 9.47 Å². The number of benzene rings is 1. The number of aromatic nitrogens is 1. The van der Waals surface area contributed by atoms with Crippen molar-refractivity contribution in [3.63, 3.8) is 0 Å². The highest BCUT2D eigenvalue weighted by molar-refractivity contribution is 5.82. The van der Waals surface area contributed by atoms with Crippen molar-refractivity contribution in [2.75, 3.05) is 26.3 Å². The number of rotatable bonds is 2. The molecule has 0 amide bonds. The van der Waals surface area contributed by atoms with Gasteiger partial charge in [-0.3, -0.25) is 9.88 Å². The summed E-state index contributed by atoms with van der Waals surface area (Å²) in [6.45, 7) is 6.52. The first-order chi connectivity index (χ1) is 17.6. The molecule has 36 heavy (non-hydrogen) atoms. The van der Waals surface area contributed by atoms with Crippen LogP contribution >= 0.6 is 0 Å². The van der Waals surface area contributed by atoms with Crippen LogP contribution in [-0.4, -0.2) is 53.4 Å². The molecular formula is C32H38N2O2. The van der Waals surface area contributed by atoms with Gasteiger partial charge in [0.15, 0.2) is 0 Å². The maximum absolute atomic E-state index is 7.53. The highest BCUT2D eigenvalue weighted by atomic mass is 16.5. The van der Waals surface area contributed by atoms with Crippen molar-refractivity contribution < 1.29 is 9.47 Å². The van der Waals surface area contributed by atoms with Crippen molar-refractivity contribution in [3.8, 4) is 0 Å². The fourth-order valence-electron chi connectivity index (χ4n) is 9.50. The fraction of sp³-hybridized carbons (Fsp3) is 0.594. The molecule has 1 aromatic heterocycles. The second-order valence-corrected chi connectivity index (χ2v) is 12.7. The number of fused-ring (bicyclic) bond motifs is 2. The summed E-state index contributed by atoms with van der Waals surface area (Å²) in [5, 5.41) is 2.56. The van der Waals surface area contributed by atoms with Crippen LogP contribution < -0.4 is 0 Å². The lowest BCUT2D eigenvalue weighted by Crippen LogP contribution is -2.56. The zero-order chi connectivity index (χ0) is 24.0. The van der Waals surface area contributed by atoms with Crippen LogP contribution in [0, 0.1) is 11.3 Å². The Hall–Kier alpha value is -2.01. The van der Waals surface area contributed by atoms with Crippen LogP contribution in [0.3, 0.4) is 0 Å². The Bertz CT molecular complexity index is 1280. The molecule has 3 aliphatic carbocycles. The molecule has 6 atom stereocenters. The average Bonchev–Trinajstić information content (AvgIpc) is 3.43. The van der Waals surface area contributed by atoms with E-state index < -0.39 is 0 Å². The minimum absolute atomic E-state index is 0.0243. The third kappa shape index (κ3) is 2.95. The van der Waals surface area contributed by atoms with E-state index in [-0.39, 0.29) is 16.6 Å². The number of morpholine rings is 1. The number of ether oxygens (including phenoxy) is 2. The van der Waals surface area contributed by atoms with Gasteiger partial charge in [-0.05, 0) is 103 Å². The van der Waals surface area contributed by atoms with Crippen molar-refractivity contribution in [3.05, 3.63) is 65.5 Å². The molecule has 4 heterocycles. The fourth-order valence-corrected chi connectivity index (χ4v) is 9.50. The largest absolute Gasteiger partial charge is 0.379 e. The van der Waals surface area contributed by atoms with Crippen molar-refractivity contribution in [2.45, 2.75) is 81.5 Å². The second kappa shape index (κ2) is 7.75. The summed E-state index contributed by atoms with van der Waals surface area (Å²) in [5.41, 5.74) is 4.78. The maximum atomic E-state index is 7.53. The molecule has 8 rings (SSSR count). The molecule has 2 aromatic rings. The summed E-state index contributed by atoms with van der Waals surface area (Å²) < 4.78 is 13.2. The number of nitrogens with zero attached hydrogens (tertiary/aromatic N) is 2. The van der Waals surface area contributed by atoms with E-state index in [1.807, 2.05) is 12.4 Å². The molecular weight excluding hydrogens is 444 g/mol.